The highest BCUT2D eigenvalue weighted by molar-refractivity contribution is 6.09. The van der Waals surface area contributed by atoms with E-state index in [-0.39, 0.29) is 29.0 Å². The molecule has 1 aliphatic rings. The predicted octanol–water partition coefficient (Wildman–Crippen LogP) is 3.30. The molecular weight excluding hydrogens is 380 g/mol. The molecule has 1 heterocycles. The molecule has 3 rings (SSSR count). The maximum Gasteiger partial charge on any atom is 0.176 e. The molecule has 5 N–H and O–H groups in total. The lowest BCUT2D eigenvalue weighted by Crippen LogP contribution is -2.28. The fourth-order valence-electron chi connectivity index (χ4n) is 3.65. The normalized spacial score (nSPS) is 15.7. The Morgan fingerprint density at radius 2 is 1.45 bits per heavy atom. The van der Waals surface area contributed by atoms with Crippen molar-refractivity contribution < 1.29 is 39.9 Å². The molecule has 0 saturated heterocycles. The molecule has 0 aromatic heterocycles. The Balaban J connectivity index is 2.47. The number of ketones is 2. The van der Waals surface area contributed by atoms with Gasteiger partial charge in [-0.1, -0.05) is 6.92 Å². The molecule has 0 amide bonds. The second kappa shape index (κ2) is 6.88. The van der Waals surface area contributed by atoms with Crippen LogP contribution in [0.25, 0.3) is 11.1 Å². The number of fused-ring (bicyclic) bond motifs is 1. The largest absolute Gasteiger partial charge is 0.507 e. The van der Waals surface area contributed by atoms with Crippen LogP contribution in [0.15, 0.2) is 0 Å². The van der Waals surface area contributed by atoms with Crippen LogP contribution in [-0.4, -0.2) is 43.7 Å². The Hall–Kier alpha value is -3.42. The van der Waals surface area contributed by atoms with E-state index in [4.69, 9.17) is 4.74 Å². The zero-order chi connectivity index (χ0) is 21.8. The number of benzene rings is 2. The van der Waals surface area contributed by atoms with E-state index in [9.17, 15) is 35.1 Å². The van der Waals surface area contributed by atoms with Crippen molar-refractivity contribution >= 4 is 11.6 Å². The monoisotopic (exact) mass is 402 g/mol. The van der Waals surface area contributed by atoms with Gasteiger partial charge in [0.1, 0.15) is 45.6 Å². The lowest BCUT2D eigenvalue weighted by molar-refractivity contribution is 0.0820. The maximum absolute atomic E-state index is 12.8. The summed E-state index contributed by atoms with van der Waals surface area (Å²) in [5.41, 5.74) is -1.52. The summed E-state index contributed by atoms with van der Waals surface area (Å²) in [5, 5.41) is 52.9. The number of ether oxygens (including phenoxy) is 1. The summed E-state index contributed by atoms with van der Waals surface area (Å²) in [7, 11) is 0. The zero-order valence-corrected chi connectivity index (χ0v) is 16.5. The average molecular weight is 402 g/mol. The van der Waals surface area contributed by atoms with Crippen molar-refractivity contribution in [1.82, 2.24) is 0 Å². The van der Waals surface area contributed by atoms with Gasteiger partial charge < -0.3 is 30.3 Å². The van der Waals surface area contributed by atoms with Crippen molar-refractivity contribution in [3.8, 4) is 45.6 Å². The SMILES string of the molecule is CCC1COc2c(C)c(O)c(-c3c(O)c(C)c(O)c(C(C)=O)c3O)c(O)c2C1=O. The highest BCUT2D eigenvalue weighted by Crippen LogP contribution is 2.56. The van der Waals surface area contributed by atoms with Gasteiger partial charge in [-0.05, 0) is 27.2 Å². The number of hydrogen-bond acceptors (Lipinski definition) is 8. The van der Waals surface area contributed by atoms with Crippen molar-refractivity contribution in [3.63, 3.8) is 0 Å². The zero-order valence-electron chi connectivity index (χ0n) is 16.5. The van der Waals surface area contributed by atoms with Crippen molar-refractivity contribution in [2.45, 2.75) is 34.1 Å². The van der Waals surface area contributed by atoms with Crippen LogP contribution < -0.4 is 4.74 Å². The van der Waals surface area contributed by atoms with E-state index in [0.717, 1.165) is 6.92 Å². The van der Waals surface area contributed by atoms with Crippen LogP contribution in [0.1, 0.15) is 52.1 Å². The lowest BCUT2D eigenvalue weighted by Gasteiger charge is -2.27. The van der Waals surface area contributed by atoms with Crippen LogP contribution in [0.5, 0.6) is 34.5 Å². The first kappa shape index (κ1) is 20.3. The van der Waals surface area contributed by atoms with Gasteiger partial charge in [-0.25, -0.2) is 0 Å². The highest BCUT2D eigenvalue weighted by Gasteiger charge is 2.37. The van der Waals surface area contributed by atoms with Gasteiger partial charge in [-0.15, -0.1) is 0 Å². The highest BCUT2D eigenvalue weighted by atomic mass is 16.5. The van der Waals surface area contributed by atoms with Gasteiger partial charge >= 0.3 is 0 Å². The van der Waals surface area contributed by atoms with Crippen LogP contribution >= 0.6 is 0 Å². The van der Waals surface area contributed by atoms with Crippen LogP contribution in [0, 0.1) is 19.8 Å². The quantitative estimate of drug-likeness (QED) is 0.492. The standard InChI is InChI=1S/C21H22O8/c1-5-10-6-29-21-8(3)17(25)13(20(28)14(21)18(10)26)12-16(24)7(2)15(23)11(9(4)22)19(12)27/h10,23-25,27-28H,5-6H2,1-4H3. The summed E-state index contributed by atoms with van der Waals surface area (Å²) in [6, 6.07) is 0. The minimum absolute atomic E-state index is 0.0275. The molecule has 8 nitrogen and oxygen atoms in total. The number of rotatable bonds is 3. The topological polar surface area (TPSA) is 145 Å². The predicted molar refractivity (Wildman–Crippen MR) is 103 cm³/mol. The van der Waals surface area contributed by atoms with Crippen LogP contribution in [-0.2, 0) is 0 Å². The van der Waals surface area contributed by atoms with Crippen LogP contribution in [0.4, 0.5) is 0 Å². The second-order valence-corrected chi connectivity index (χ2v) is 7.16. The number of phenolic OH excluding ortho intramolecular Hbond substituents is 5. The van der Waals surface area contributed by atoms with Crippen LogP contribution in [0.3, 0.4) is 0 Å². The summed E-state index contributed by atoms with van der Waals surface area (Å²) in [4.78, 5) is 24.8. The van der Waals surface area contributed by atoms with E-state index in [0.29, 0.717) is 6.42 Å². The van der Waals surface area contributed by atoms with E-state index in [1.807, 2.05) is 0 Å². The number of hydrogen-bond donors (Lipinski definition) is 5. The summed E-state index contributed by atoms with van der Waals surface area (Å²) < 4.78 is 5.59. The lowest BCUT2D eigenvalue weighted by atomic mass is 9.85. The van der Waals surface area contributed by atoms with Gasteiger partial charge in [0.05, 0.1) is 23.7 Å². The Labute approximate surface area is 166 Å². The summed E-state index contributed by atoms with van der Waals surface area (Å²) >= 11 is 0. The summed E-state index contributed by atoms with van der Waals surface area (Å²) in [6.07, 6.45) is 0.469. The van der Waals surface area contributed by atoms with Gasteiger partial charge in [0, 0.05) is 11.1 Å². The number of Topliss-reactive ketones (excluding diaryl/α,β-unsaturated/α-hetero) is 2. The third kappa shape index (κ3) is 2.74. The molecular formula is C21H22O8. The first-order valence-electron chi connectivity index (χ1n) is 9.08. The molecule has 0 fully saturated rings. The molecule has 0 radical (unpaired) electrons. The molecule has 2 aromatic rings. The third-order valence-electron chi connectivity index (χ3n) is 5.43. The summed E-state index contributed by atoms with van der Waals surface area (Å²) in [6.45, 7) is 5.77. The molecule has 0 bridgehead atoms. The first-order chi connectivity index (χ1) is 13.5. The molecule has 0 aliphatic carbocycles. The van der Waals surface area contributed by atoms with E-state index in [1.165, 1.54) is 13.8 Å². The number of carbonyl (C=O) groups excluding carboxylic acids is 2. The smallest absolute Gasteiger partial charge is 0.176 e. The molecule has 1 atom stereocenters. The molecule has 29 heavy (non-hydrogen) atoms. The molecule has 8 heteroatoms. The van der Waals surface area contributed by atoms with Crippen molar-refractivity contribution in [2.75, 3.05) is 6.61 Å². The molecule has 2 aromatic carbocycles. The van der Waals surface area contributed by atoms with Gasteiger partial charge in [-0.2, -0.15) is 0 Å². The summed E-state index contributed by atoms with van der Waals surface area (Å²) in [5.74, 6) is -4.85. The van der Waals surface area contributed by atoms with Crippen LogP contribution in [0.2, 0.25) is 0 Å². The minimum atomic E-state index is -0.820. The van der Waals surface area contributed by atoms with Gasteiger partial charge in [-0.3, -0.25) is 9.59 Å². The number of aromatic hydroxyl groups is 5. The molecule has 1 aliphatic heterocycles. The first-order valence-corrected chi connectivity index (χ1v) is 9.08. The maximum atomic E-state index is 12.8. The fraction of sp³-hybridized carbons (Fsp3) is 0.333. The van der Waals surface area contributed by atoms with E-state index in [1.54, 1.807) is 6.92 Å². The third-order valence-corrected chi connectivity index (χ3v) is 5.43. The number of phenols is 5. The molecule has 0 saturated carbocycles. The Bertz CT molecular complexity index is 1070. The van der Waals surface area contributed by atoms with Gasteiger partial charge in [0.15, 0.2) is 11.6 Å². The fourth-order valence-corrected chi connectivity index (χ4v) is 3.65. The van der Waals surface area contributed by atoms with E-state index >= 15 is 0 Å². The van der Waals surface area contributed by atoms with Crippen molar-refractivity contribution in [3.05, 3.63) is 22.3 Å². The minimum Gasteiger partial charge on any atom is -0.507 e. The van der Waals surface area contributed by atoms with Gasteiger partial charge in [0.25, 0.3) is 0 Å². The Kier molecular flexibility index (Phi) is 4.82. The molecule has 1 unspecified atom stereocenters. The molecule has 0 spiro atoms. The van der Waals surface area contributed by atoms with Crippen molar-refractivity contribution in [1.29, 1.82) is 0 Å². The second-order valence-electron chi connectivity index (χ2n) is 7.16. The average Bonchev–Trinajstić information content (AvgIpc) is 2.66. The Morgan fingerprint density at radius 1 is 0.897 bits per heavy atom. The Morgan fingerprint density at radius 3 is 2.00 bits per heavy atom. The molecule has 154 valence electrons. The number of carbonyl (C=O) groups is 2. The van der Waals surface area contributed by atoms with E-state index in [2.05, 4.69) is 0 Å². The van der Waals surface area contributed by atoms with Gasteiger partial charge in [0.2, 0.25) is 0 Å². The van der Waals surface area contributed by atoms with Crippen molar-refractivity contribution in [2.24, 2.45) is 5.92 Å². The van der Waals surface area contributed by atoms with E-state index < -0.39 is 62.9 Å².